The van der Waals surface area contributed by atoms with Gasteiger partial charge in [-0.15, -0.1) is 0 Å². The predicted molar refractivity (Wildman–Crippen MR) is 127 cm³/mol. The lowest BCUT2D eigenvalue weighted by molar-refractivity contribution is 0.219. The third-order valence-corrected chi connectivity index (χ3v) is 7.71. The van der Waals surface area contributed by atoms with Crippen molar-refractivity contribution in [2.75, 3.05) is 0 Å². The van der Waals surface area contributed by atoms with Gasteiger partial charge in [0.05, 0.1) is 0 Å². The summed E-state index contributed by atoms with van der Waals surface area (Å²) in [6.07, 6.45) is 23.2. The van der Waals surface area contributed by atoms with E-state index in [1.54, 1.807) is 6.08 Å². The summed E-state index contributed by atoms with van der Waals surface area (Å²) in [5.41, 5.74) is 0.157. The topological polar surface area (TPSA) is 0 Å². The second kappa shape index (κ2) is 13.1. The molecule has 3 rings (SSSR count). The first kappa shape index (κ1) is 24.9. The summed E-state index contributed by atoms with van der Waals surface area (Å²) in [6, 6.07) is 1.87. The van der Waals surface area contributed by atoms with Crippen molar-refractivity contribution in [3.8, 4) is 11.8 Å². The summed E-state index contributed by atoms with van der Waals surface area (Å²) in [5, 5.41) is 0. The maximum Gasteiger partial charge on any atom is 0.194 e. The molecule has 0 nitrogen and oxygen atoms in total. The molecule has 0 saturated heterocycles. The van der Waals surface area contributed by atoms with Gasteiger partial charge in [0.25, 0.3) is 0 Å². The SMILES string of the molecule is CCCCCC1CCC(CCC2CCC(/C=C/C#Cc3cc(F)c(F)c(F)c3)CC2)CC1. The van der Waals surface area contributed by atoms with E-state index in [0.29, 0.717) is 5.92 Å². The van der Waals surface area contributed by atoms with Crippen molar-refractivity contribution in [1.29, 1.82) is 0 Å². The van der Waals surface area contributed by atoms with Crippen LogP contribution >= 0.6 is 0 Å². The third kappa shape index (κ3) is 8.02. The summed E-state index contributed by atoms with van der Waals surface area (Å²) >= 11 is 0. The van der Waals surface area contributed by atoms with Gasteiger partial charge < -0.3 is 0 Å². The Morgan fingerprint density at radius 3 is 1.88 bits per heavy atom. The van der Waals surface area contributed by atoms with E-state index in [9.17, 15) is 13.2 Å². The molecule has 32 heavy (non-hydrogen) atoms. The second-order valence-corrected chi connectivity index (χ2v) is 10.1. The van der Waals surface area contributed by atoms with Gasteiger partial charge in [0, 0.05) is 5.56 Å². The van der Waals surface area contributed by atoms with Gasteiger partial charge >= 0.3 is 0 Å². The molecule has 2 aliphatic carbocycles. The number of halogens is 3. The Balaban J connectivity index is 1.31. The molecule has 2 saturated carbocycles. The average molecular weight is 445 g/mol. The zero-order valence-electron chi connectivity index (χ0n) is 19.7. The number of unbranched alkanes of at least 4 members (excludes halogenated alkanes) is 2. The molecule has 1 aromatic rings. The number of benzene rings is 1. The molecular formula is C29H39F3. The molecule has 0 spiro atoms. The van der Waals surface area contributed by atoms with Crippen molar-refractivity contribution in [3.05, 3.63) is 47.3 Å². The van der Waals surface area contributed by atoms with E-state index < -0.39 is 17.5 Å². The van der Waals surface area contributed by atoms with Gasteiger partial charge in [0.1, 0.15) is 0 Å². The molecule has 2 fully saturated rings. The van der Waals surface area contributed by atoms with Crippen molar-refractivity contribution < 1.29 is 13.2 Å². The normalized spacial score (nSPS) is 26.1. The molecule has 1 aromatic carbocycles. The van der Waals surface area contributed by atoms with Gasteiger partial charge in [0.2, 0.25) is 0 Å². The van der Waals surface area contributed by atoms with E-state index >= 15 is 0 Å². The molecule has 2 aliphatic rings. The fourth-order valence-electron chi connectivity index (χ4n) is 5.57. The van der Waals surface area contributed by atoms with Gasteiger partial charge in [-0.05, 0) is 67.6 Å². The highest BCUT2D eigenvalue weighted by atomic mass is 19.2. The molecule has 0 amide bonds. The van der Waals surface area contributed by atoms with Crippen LogP contribution in [0.25, 0.3) is 0 Å². The molecule has 0 aliphatic heterocycles. The molecule has 0 atom stereocenters. The lowest BCUT2D eigenvalue weighted by Gasteiger charge is -2.31. The van der Waals surface area contributed by atoms with E-state index in [0.717, 1.165) is 29.9 Å². The van der Waals surface area contributed by atoms with Crippen LogP contribution in [0.4, 0.5) is 13.2 Å². The fourth-order valence-corrected chi connectivity index (χ4v) is 5.57. The predicted octanol–water partition coefficient (Wildman–Crippen LogP) is 8.98. The van der Waals surface area contributed by atoms with Gasteiger partial charge in [-0.1, -0.05) is 89.0 Å². The van der Waals surface area contributed by atoms with Crippen molar-refractivity contribution in [2.24, 2.45) is 23.7 Å². The molecule has 176 valence electrons. The van der Waals surface area contributed by atoms with Crippen LogP contribution in [0.15, 0.2) is 24.3 Å². The lowest BCUT2D eigenvalue weighted by Crippen LogP contribution is -2.17. The van der Waals surface area contributed by atoms with Crippen LogP contribution < -0.4 is 0 Å². The van der Waals surface area contributed by atoms with E-state index in [-0.39, 0.29) is 5.56 Å². The number of hydrogen-bond acceptors (Lipinski definition) is 0. The van der Waals surface area contributed by atoms with Crippen LogP contribution in [0, 0.1) is 53.0 Å². The Hall–Kier alpha value is -1.69. The van der Waals surface area contributed by atoms with Crippen LogP contribution in [0.5, 0.6) is 0 Å². The molecule has 0 N–H and O–H groups in total. The summed E-state index contributed by atoms with van der Waals surface area (Å²) < 4.78 is 39.5. The van der Waals surface area contributed by atoms with E-state index in [1.165, 1.54) is 89.9 Å². The van der Waals surface area contributed by atoms with Crippen molar-refractivity contribution in [2.45, 2.75) is 96.8 Å². The molecule has 0 unspecified atom stereocenters. The number of allylic oxidation sites excluding steroid dienone is 2. The summed E-state index contributed by atoms with van der Waals surface area (Å²) in [5.74, 6) is 5.07. The minimum absolute atomic E-state index is 0.157. The largest absolute Gasteiger partial charge is 0.204 e. The van der Waals surface area contributed by atoms with E-state index in [4.69, 9.17) is 0 Å². The summed E-state index contributed by atoms with van der Waals surface area (Å²) in [6.45, 7) is 2.29. The van der Waals surface area contributed by atoms with Crippen LogP contribution in [-0.2, 0) is 0 Å². The third-order valence-electron chi connectivity index (χ3n) is 7.71. The van der Waals surface area contributed by atoms with E-state index in [1.807, 2.05) is 0 Å². The Labute approximate surface area is 193 Å². The van der Waals surface area contributed by atoms with Crippen LogP contribution in [0.2, 0.25) is 0 Å². The smallest absolute Gasteiger partial charge is 0.194 e. The lowest BCUT2D eigenvalue weighted by atomic mass is 9.75. The standard InChI is InChI=1S/C29H39F3/c1-2-3-4-7-22-10-14-24(15-11-22)18-19-25-16-12-23(13-17-25)8-5-6-9-26-20-27(30)29(32)28(31)21-26/h5,8,20-25H,2-4,7,10-19H2,1H3/b8-5+. The Morgan fingerprint density at radius 2 is 1.31 bits per heavy atom. The molecule has 0 aromatic heterocycles. The molecule has 0 bridgehead atoms. The summed E-state index contributed by atoms with van der Waals surface area (Å²) in [7, 11) is 0. The minimum Gasteiger partial charge on any atom is -0.204 e. The maximum atomic E-state index is 13.2. The average Bonchev–Trinajstić information content (AvgIpc) is 2.80. The Morgan fingerprint density at radius 1 is 0.781 bits per heavy atom. The highest BCUT2D eigenvalue weighted by Crippen LogP contribution is 2.38. The van der Waals surface area contributed by atoms with Gasteiger partial charge in [0.15, 0.2) is 17.5 Å². The molecule has 0 heterocycles. The zero-order valence-corrected chi connectivity index (χ0v) is 19.7. The quantitative estimate of drug-likeness (QED) is 0.213. The monoisotopic (exact) mass is 444 g/mol. The second-order valence-electron chi connectivity index (χ2n) is 10.1. The van der Waals surface area contributed by atoms with E-state index in [2.05, 4.69) is 24.8 Å². The van der Waals surface area contributed by atoms with Gasteiger partial charge in [-0.2, -0.15) is 0 Å². The first-order chi connectivity index (χ1) is 15.5. The highest BCUT2D eigenvalue weighted by molar-refractivity contribution is 5.37. The first-order valence-electron chi connectivity index (χ1n) is 12.9. The number of rotatable bonds is 8. The summed E-state index contributed by atoms with van der Waals surface area (Å²) in [4.78, 5) is 0. The Kier molecular flexibility index (Phi) is 10.2. The van der Waals surface area contributed by atoms with Crippen LogP contribution in [0.1, 0.15) is 102 Å². The zero-order chi connectivity index (χ0) is 22.8. The van der Waals surface area contributed by atoms with Crippen LogP contribution in [0.3, 0.4) is 0 Å². The number of hydrogen-bond donors (Lipinski definition) is 0. The van der Waals surface area contributed by atoms with Gasteiger partial charge in [-0.25, -0.2) is 13.2 Å². The molecule has 3 heteroatoms. The van der Waals surface area contributed by atoms with Crippen molar-refractivity contribution >= 4 is 0 Å². The Bertz CT molecular complexity index is 761. The molecular weight excluding hydrogens is 405 g/mol. The highest BCUT2D eigenvalue weighted by Gasteiger charge is 2.24. The first-order valence-corrected chi connectivity index (χ1v) is 12.9. The van der Waals surface area contributed by atoms with Crippen molar-refractivity contribution in [1.82, 2.24) is 0 Å². The molecule has 0 radical (unpaired) electrons. The minimum atomic E-state index is -1.45. The fraction of sp³-hybridized carbons (Fsp3) is 0.655. The van der Waals surface area contributed by atoms with Gasteiger partial charge in [-0.3, -0.25) is 0 Å². The van der Waals surface area contributed by atoms with Crippen molar-refractivity contribution in [3.63, 3.8) is 0 Å². The maximum absolute atomic E-state index is 13.2. The van der Waals surface area contributed by atoms with Crippen LogP contribution in [-0.4, -0.2) is 0 Å².